The van der Waals surface area contributed by atoms with Gasteiger partial charge < -0.3 is 20.0 Å². The zero-order valence-corrected chi connectivity index (χ0v) is 17.2. The van der Waals surface area contributed by atoms with Crippen LogP contribution in [0.1, 0.15) is 30.8 Å². The van der Waals surface area contributed by atoms with Gasteiger partial charge in [-0.15, -0.1) is 10.2 Å². The maximum absolute atomic E-state index is 10.8. The van der Waals surface area contributed by atoms with Crippen LogP contribution in [0.2, 0.25) is 0 Å². The summed E-state index contributed by atoms with van der Waals surface area (Å²) in [6.07, 6.45) is 8.54. The Morgan fingerprint density at radius 1 is 1.03 bits per heavy atom. The van der Waals surface area contributed by atoms with Gasteiger partial charge in [0.15, 0.2) is 12.1 Å². The van der Waals surface area contributed by atoms with Crippen molar-refractivity contribution in [3.63, 3.8) is 0 Å². The maximum atomic E-state index is 10.8. The molecule has 0 spiro atoms. The number of nitrogens with one attached hydrogen (secondary N) is 2. The Kier molecular flexibility index (Phi) is 4.43. The number of aromatic nitrogens is 6. The van der Waals surface area contributed by atoms with Gasteiger partial charge in [0, 0.05) is 46.8 Å². The molecule has 4 heterocycles. The monoisotopic (exact) mass is 423 g/mol. The fraction of sp³-hybridized carbons (Fsp3) is 0.167. The van der Waals surface area contributed by atoms with Crippen molar-refractivity contribution < 1.29 is 5.11 Å². The molecule has 1 saturated carbocycles. The molecule has 6 rings (SSSR count). The van der Waals surface area contributed by atoms with Gasteiger partial charge in [-0.2, -0.15) is 0 Å². The third kappa shape index (κ3) is 3.50. The molecule has 158 valence electrons. The summed E-state index contributed by atoms with van der Waals surface area (Å²) < 4.78 is 2.12. The molecule has 1 aliphatic rings. The lowest BCUT2D eigenvalue weighted by molar-refractivity contribution is 0.203. The van der Waals surface area contributed by atoms with E-state index in [0.717, 1.165) is 52.1 Å². The standard InChI is InChI=1S/C24H21N7O/c32-24(21-12-15(6-8-25-21)18-10-16-7-9-26-22(16)27-13-18)29-19-3-1-2-17(11-19)23-30-28-14-31(23)20-4-5-20/h1-3,6-14,20,24,29,32H,4-5H2,(H,26,27). The molecule has 0 bridgehead atoms. The third-order valence-electron chi connectivity index (χ3n) is 5.73. The summed E-state index contributed by atoms with van der Waals surface area (Å²) in [7, 11) is 0. The van der Waals surface area contributed by atoms with Crippen LogP contribution in [0.4, 0.5) is 5.69 Å². The number of aromatic amines is 1. The highest BCUT2D eigenvalue weighted by Crippen LogP contribution is 2.37. The summed E-state index contributed by atoms with van der Waals surface area (Å²) in [4.78, 5) is 11.9. The Morgan fingerprint density at radius 3 is 2.88 bits per heavy atom. The summed E-state index contributed by atoms with van der Waals surface area (Å²) >= 11 is 0. The smallest absolute Gasteiger partial charge is 0.168 e. The lowest BCUT2D eigenvalue weighted by Gasteiger charge is -2.15. The van der Waals surface area contributed by atoms with Crippen molar-refractivity contribution in [2.45, 2.75) is 25.1 Å². The van der Waals surface area contributed by atoms with Gasteiger partial charge in [-0.25, -0.2) is 4.98 Å². The third-order valence-corrected chi connectivity index (χ3v) is 5.73. The Bertz CT molecular complexity index is 1400. The van der Waals surface area contributed by atoms with Gasteiger partial charge in [0.1, 0.15) is 12.0 Å². The van der Waals surface area contributed by atoms with Crippen LogP contribution < -0.4 is 5.32 Å². The lowest BCUT2D eigenvalue weighted by Crippen LogP contribution is -2.11. The Labute approximate surface area is 184 Å². The fourth-order valence-corrected chi connectivity index (χ4v) is 3.92. The van der Waals surface area contributed by atoms with Crippen LogP contribution in [0.15, 0.2) is 73.4 Å². The predicted molar refractivity (Wildman–Crippen MR) is 122 cm³/mol. The number of aliphatic hydroxyl groups excluding tert-OH is 1. The molecule has 32 heavy (non-hydrogen) atoms. The minimum Gasteiger partial charge on any atom is -0.368 e. The van der Waals surface area contributed by atoms with E-state index < -0.39 is 6.23 Å². The number of fused-ring (bicyclic) bond motifs is 1. The number of anilines is 1. The number of rotatable bonds is 6. The van der Waals surface area contributed by atoms with Crippen LogP contribution in [-0.2, 0) is 0 Å². The van der Waals surface area contributed by atoms with Crippen LogP contribution in [0.5, 0.6) is 0 Å². The molecule has 8 nitrogen and oxygen atoms in total. The van der Waals surface area contributed by atoms with Gasteiger partial charge in [0.2, 0.25) is 0 Å². The molecule has 1 aliphatic carbocycles. The maximum Gasteiger partial charge on any atom is 0.168 e. The van der Waals surface area contributed by atoms with Crippen LogP contribution >= 0.6 is 0 Å². The fourth-order valence-electron chi connectivity index (χ4n) is 3.92. The van der Waals surface area contributed by atoms with Crippen molar-refractivity contribution in [3.05, 3.63) is 79.1 Å². The molecule has 4 aromatic heterocycles. The number of aliphatic hydroxyl groups is 1. The molecule has 8 heteroatoms. The van der Waals surface area contributed by atoms with Gasteiger partial charge in [-0.05, 0) is 54.8 Å². The van der Waals surface area contributed by atoms with E-state index >= 15 is 0 Å². The highest BCUT2D eigenvalue weighted by molar-refractivity contribution is 5.81. The van der Waals surface area contributed by atoms with Crippen molar-refractivity contribution in [3.8, 4) is 22.5 Å². The van der Waals surface area contributed by atoms with Crippen LogP contribution in [0.25, 0.3) is 33.5 Å². The van der Waals surface area contributed by atoms with E-state index in [1.54, 1.807) is 12.5 Å². The van der Waals surface area contributed by atoms with Gasteiger partial charge in [0.25, 0.3) is 0 Å². The second-order valence-electron chi connectivity index (χ2n) is 8.03. The number of benzene rings is 1. The molecule has 1 unspecified atom stereocenters. The summed E-state index contributed by atoms with van der Waals surface area (Å²) in [6, 6.07) is 16.2. The Hall–Kier alpha value is -4.04. The predicted octanol–water partition coefficient (Wildman–Crippen LogP) is 4.32. The van der Waals surface area contributed by atoms with Crippen molar-refractivity contribution in [1.29, 1.82) is 0 Å². The zero-order valence-electron chi connectivity index (χ0n) is 17.2. The molecule has 0 aliphatic heterocycles. The van der Waals surface area contributed by atoms with E-state index in [9.17, 15) is 5.11 Å². The number of hydrogen-bond acceptors (Lipinski definition) is 6. The van der Waals surface area contributed by atoms with Gasteiger partial charge in [0.05, 0.1) is 5.69 Å². The lowest BCUT2D eigenvalue weighted by atomic mass is 10.1. The zero-order chi connectivity index (χ0) is 21.5. The van der Waals surface area contributed by atoms with E-state index in [1.807, 2.05) is 54.9 Å². The molecule has 1 fully saturated rings. The molecule has 0 saturated heterocycles. The molecule has 1 atom stereocenters. The molecule has 1 aromatic carbocycles. The quantitative estimate of drug-likeness (QED) is 0.351. The van der Waals surface area contributed by atoms with E-state index in [-0.39, 0.29) is 0 Å². The van der Waals surface area contributed by atoms with Crippen molar-refractivity contribution in [2.75, 3.05) is 5.32 Å². The van der Waals surface area contributed by atoms with Gasteiger partial charge in [-0.3, -0.25) is 4.98 Å². The topological polar surface area (TPSA) is 105 Å². The van der Waals surface area contributed by atoms with E-state index in [1.165, 1.54) is 0 Å². The number of nitrogens with zero attached hydrogens (tertiary/aromatic N) is 5. The van der Waals surface area contributed by atoms with Crippen LogP contribution in [-0.4, -0.2) is 34.8 Å². The van der Waals surface area contributed by atoms with Crippen LogP contribution in [0, 0.1) is 0 Å². The van der Waals surface area contributed by atoms with E-state index in [0.29, 0.717) is 11.7 Å². The summed E-state index contributed by atoms with van der Waals surface area (Å²) in [5.41, 5.74) is 5.03. The first kappa shape index (κ1) is 18.7. The summed E-state index contributed by atoms with van der Waals surface area (Å²) in [6.45, 7) is 0. The summed E-state index contributed by atoms with van der Waals surface area (Å²) in [5.74, 6) is 0.846. The molecule has 0 radical (unpaired) electrons. The van der Waals surface area contributed by atoms with E-state index in [2.05, 4.69) is 41.1 Å². The Morgan fingerprint density at radius 2 is 1.97 bits per heavy atom. The number of pyridine rings is 2. The normalized spacial score (nSPS) is 14.5. The van der Waals surface area contributed by atoms with Crippen LogP contribution in [0.3, 0.4) is 0 Å². The van der Waals surface area contributed by atoms with Gasteiger partial charge in [-0.1, -0.05) is 12.1 Å². The number of H-pyrrole nitrogens is 1. The van der Waals surface area contributed by atoms with E-state index in [4.69, 9.17) is 0 Å². The highest BCUT2D eigenvalue weighted by atomic mass is 16.3. The summed E-state index contributed by atoms with van der Waals surface area (Å²) in [5, 5.41) is 23.4. The first-order valence-corrected chi connectivity index (χ1v) is 10.6. The SMILES string of the molecule is OC(Nc1cccc(-c2nncn2C2CC2)c1)c1cc(-c2cnc3[nH]ccc3c2)ccn1. The minimum absolute atomic E-state index is 0.495. The minimum atomic E-state index is -0.963. The highest BCUT2D eigenvalue weighted by Gasteiger charge is 2.26. The second kappa shape index (κ2) is 7.58. The largest absolute Gasteiger partial charge is 0.368 e. The molecule has 5 aromatic rings. The van der Waals surface area contributed by atoms with Gasteiger partial charge >= 0.3 is 0 Å². The molecule has 0 amide bonds. The molecular formula is C24H21N7O. The molecule has 3 N–H and O–H groups in total. The van der Waals surface area contributed by atoms with Crippen molar-refractivity contribution in [1.82, 2.24) is 29.7 Å². The first-order valence-electron chi connectivity index (χ1n) is 10.6. The Balaban J connectivity index is 1.25. The van der Waals surface area contributed by atoms with Crippen molar-refractivity contribution >= 4 is 16.7 Å². The molecular weight excluding hydrogens is 402 g/mol. The second-order valence-corrected chi connectivity index (χ2v) is 8.03. The first-order chi connectivity index (χ1) is 15.7. The van der Waals surface area contributed by atoms with Crippen molar-refractivity contribution in [2.24, 2.45) is 0 Å². The average molecular weight is 423 g/mol. The average Bonchev–Trinajstić information content (AvgIpc) is 3.36. The number of hydrogen-bond donors (Lipinski definition) is 3.